The van der Waals surface area contributed by atoms with Gasteiger partial charge in [-0.1, -0.05) is 0 Å². The summed E-state index contributed by atoms with van der Waals surface area (Å²) in [6.45, 7) is 3.55. The summed E-state index contributed by atoms with van der Waals surface area (Å²) in [5.41, 5.74) is 0. The summed E-state index contributed by atoms with van der Waals surface area (Å²) in [5, 5.41) is 0. The van der Waals surface area contributed by atoms with Crippen LogP contribution in [0.4, 0.5) is 0 Å². The van der Waals surface area contributed by atoms with Crippen LogP contribution < -0.4 is 0 Å². The van der Waals surface area contributed by atoms with Gasteiger partial charge < -0.3 is 19.6 Å². The van der Waals surface area contributed by atoms with Crippen molar-refractivity contribution >= 4 is 13.7 Å². The van der Waals surface area contributed by atoms with Gasteiger partial charge >= 0.3 is 7.75 Å². The molecule has 1 aliphatic heterocycles. The van der Waals surface area contributed by atoms with Crippen LogP contribution in [0.25, 0.3) is 0 Å². The summed E-state index contributed by atoms with van der Waals surface area (Å²) in [7, 11) is 3.31. The average molecular weight is 292 g/mol. The van der Waals surface area contributed by atoms with Crippen LogP contribution >= 0.6 is 7.75 Å². The smallest absolute Gasteiger partial charge is 0.344 e. The Labute approximate surface area is 115 Å². The zero-order chi connectivity index (χ0) is 14.5. The monoisotopic (exact) mass is 292 g/mol. The minimum atomic E-state index is -3.86. The molecule has 0 aromatic heterocycles. The van der Waals surface area contributed by atoms with Crippen molar-refractivity contribution in [2.45, 2.75) is 12.8 Å². The molecule has 7 nitrogen and oxygen atoms in total. The van der Waals surface area contributed by atoms with Crippen molar-refractivity contribution in [2.75, 3.05) is 54.4 Å². The zero-order valence-electron chi connectivity index (χ0n) is 12.2. The fourth-order valence-corrected chi connectivity index (χ4v) is 2.53. The zero-order valence-corrected chi connectivity index (χ0v) is 13.1. The van der Waals surface area contributed by atoms with Crippen molar-refractivity contribution in [2.24, 2.45) is 4.76 Å². The highest BCUT2D eigenvalue weighted by molar-refractivity contribution is 7.51. The first-order valence-corrected chi connectivity index (χ1v) is 7.98. The number of rotatable bonds is 7. The lowest BCUT2D eigenvalue weighted by atomic mass is 10.3. The second kappa shape index (κ2) is 7.24. The molecular weight excluding hydrogens is 267 g/mol. The highest BCUT2D eigenvalue weighted by Gasteiger charge is 2.27. The lowest BCUT2D eigenvalue weighted by molar-refractivity contribution is 0.315. The van der Waals surface area contributed by atoms with Crippen molar-refractivity contribution in [1.29, 1.82) is 0 Å². The maximum absolute atomic E-state index is 11.5. The molecule has 1 fully saturated rings. The van der Waals surface area contributed by atoms with E-state index in [1.54, 1.807) is 0 Å². The molecule has 112 valence electrons. The standard InChI is InChI=1S/C11H25N4O3P/c1-13(2)7-5-6-8-15-10-9-14(3)11(15)12-19(16,17)18-4/h5-10H2,1-4H3,(H,16,17)/b12-11-. The van der Waals surface area contributed by atoms with Crippen molar-refractivity contribution in [3.05, 3.63) is 0 Å². The first kappa shape index (κ1) is 16.4. The molecule has 19 heavy (non-hydrogen) atoms. The van der Waals surface area contributed by atoms with E-state index in [-0.39, 0.29) is 0 Å². The van der Waals surface area contributed by atoms with Gasteiger partial charge in [0.15, 0.2) is 0 Å². The number of unbranched alkanes of at least 4 members (excludes halogenated alkanes) is 1. The summed E-state index contributed by atoms with van der Waals surface area (Å²) in [6, 6.07) is 0. The summed E-state index contributed by atoms with van der Waals surface area (Å²) >= 11 is 0. The number of guanidine groups is 1. The van der Waals surface area contributed by atoms with E-state index < -0.39 is 7.75 Å². The maximum atomic E-state index is 11.5. The molecule has 0 saturated carbocycles. The Morgan fingerprint density at radius 1 is 1.42 bits per heavy atom. The molecule has 1 unspecified atom stereocenters. The van der Waals surface area contributed by atoms with Gasteiger partial charge in [-0.05, 0) is 33.5 Å². The van der Waals surface area contributed by atoms with Gasteiger partial charge in [-0.2, -0.15) is 0 Å². The molecule has 0 amide bonds. The Hall–Kier alpha value is -0.620. The number of likely N-dealkylation sites (N-methyl/N-ethyl adjacent to an activating group) is 1. The molecule has 8 heteroatoms. The number of hydrogen-bond acceptors (Lipinski definition) is 3. The lowest BCUT2D eigenvalue weighted by Crippen LogP contribution is -2.32. The quantitative estimate of drug-likeness (QED) is 0.550. The Kier molecular flexibility index (Phi) is 6.26. The highest BCUT2D eigenvalue weighted by atomic mass is 31.2. The van der Waals surface area contributed by atoms with Gasteiger partial charge in [0.1, 0.15) is 0 Å². The number of nitrogens with zero attached hydrogens (tertiary/aromatic N) is 4. The molecule has 1 aliphatic rings. The second-order valence-corrected chi connectivity index (χ2v) is 6.54. The van der Waals surface area contributed by atoms with Gasteiger partial charge in [0, 0.05) is 33.8 Å². The van der Waals surface area contributed by atoms with E-state index in [1.165, 1.54) is 7.11 Å². The van der Waals surface area contributed by atoms with Crippen molar-refractivity contribution in [3.8, 4) is 0 Å². The summed E-state index contributed by atoms with van der Waals surface area (Å²) in [5.74, 6) is 0.553. The topological polar surface area (TPSA) is 68.6 Å². The Balaban J connectivity index is 2.55. The van der Waals surface area contributed by atoms with Gasteiger partial charge in [0.25, 0.3) is 0 Å². The van der Waals surface area contributed by atoms with Gasteiger partial charge in [0.05, 0.1) is 0 Å². The third-order valence-corrected chi connectivity index (χ3v) is 3.97. The molecule has 1 heterocycles. The third-order valence-electron chi connectivity index (χ3n) is 3.07. The summed E-state index contributed by atoms with van der Waals surface area (Å²) in [6.07, 6.45) is 2.13. The van der Waals surface area contributed by atoms with E-state index in [9.17, 15) is 9.46 Å². The van der Waals surface area contributed by atoms with E-state index in [0.717, 1.165) is 39.0 Å². The lowest BCUT2D eigenvalue weighted by Gasteiger charge is -2.21. The maximum Gasteiger partial charge on any atom is 0.454 e. The molecule has 0 bridgehead atoms. The van der Waals surface area contributed by atoms with Gasteiger partial charge in [-0.25, -0.2) is 4.57 Å². The third kappa shape index (κ3) is 5.48. The molecule has 0 radical (unpaired) electrons. The first-order valence-electron chi connectivity index (χ1n) is 6.45. The van der Waals surface area contributed by atoms with E-state index in [1.807, 2.05) is 16.8 Å². The van der Waals surface area contributed by atoms with Crippen LogP contribution in [0.15, 0.2) is 4.76 Å². The van der Waals surface area contributed by atoms with E-state index in [2.05, 4.69) is 28.3 Å². The molecule has 1 saturated heterocycles. The fourth-order valence-electron chi connectivity index (χ4n) is 1.95. The van der Waals surface area contributed by atoms with Gasteiger partial charge in [-0.15, -0.1) is 4.76 Å². The second-order valence-electron chi connectivity index (χ2n) is 4.99. The van der Waals surface area contributed by atoms with Crippen molar-refractivity contribution in [3.63, 3.8) is 0 Å². The van der Waals surface area contributed by atoms with E-state index in [0.29, 0.717) is 5.96 Å². The van der Waals surface area contributed by atoms with E-state index >= 15 is 0 Å². The summed E-state index contributed by atoms with van der Waals surface area (Å²) in [4.78, 5) is 15.5. The van der Waals surface area contributed by atoms with Crippen LogP contribution in [-0.4, -0.2) is 80.0 Å². The molecule has 1 N–H and O–H groups in total. The van der Waals surface area contributed by atoms with Crippen LogP contribution in [0.2, 0.25) is 0 Å². The molecule has 1 atom stereocenters. The van der Waals surface area contributed by atoms with Gasteiger partial charge in [-0.3, -0.25) is 4.52 Å². The molecular formula is C11H25N4O3P. The van der Waals surface area contributed by atoms with Crippen LogP contribution in [0.3, 0.4) is 0 Å². The molecule has 0 aromatic carbocycles. The van der Waals surface area contributed by atoms with Crippen LogP contribution in [0.5, 0.6) is 0 Å². The Bertz CT molecular complexity index is 362. The van der Waals surface area contributed by atoms with Crippen molar-refractivity contribution < 1.29 is 14.0 Å². The predicted molar refractivity (Wildman–Crippen MR) is 76.3 cm³/mol. The van der Waals surface area contributed by atoms with Crippen LogP contribution in [0, 0.1) is 0 Å². The molecule has 0 aliphatic carbocycles. The number of hydrogen-bond donors (Lipinski definition) is 1. The minimum Gasteiger partial charge on any atom is -0.344 e. The SMILES string of the molecule is COP(=O)(O)/N=C1/N(C)CCN1CCCCN(C)C. The average Bonchev–Trinajstić information content (AvgIpc) is 2.66. The Morgan fingerprint density at radius 3 is 2.68 bits per heavy atom. The van der Waals surface area contributed by atoms with E-state index in [4.69, 9.17) is 0 Å². The molecule has 0 aromatic rings. The summed E-state index contributed by atoms with van der Waals surface area (Å²) < 4.78 is 19.9. The van der Waals surface area contributed by atoms with Crippen LogP contribution in [-0.2, 0) is 9.09 Å². The first-order chi connectivity index (χ1) is 8.85. The predicted octanol–water partition coefficient (Wildman–Crippen LogP) is 0.678. The Morgan fingerprint density at radius 2 is 2.11 bits per heavy atom. The normalized spacial score (nSPS) is 21.5. The fraction of sp³-hybridized carbons (Fsp3) is 0.909. The van der Waals surface area contributed by atoms with Crippen molar-refractivity contribution in [1.82, 2.24) is 14.7 Å². The minimum absolute atomic E-state index is 0.553. The van der Waals surface area contributed by atoms with Crippen LogP contribution in [0.1, 0.15) is 12.8 Å². The molecule has 0 spiro atoms. The van der Waals surface area contributed by atoms with Gasteiger partial charge in [0.2, 0.25) is 5.96 Å². The molecule has 1 rings (SSSR count). The largest absolute Gasteiger partial charge is 0.454 e. The highest BCUT2D eigenvalue weighted by Crippen LogP contribution is 2.43.